The molecule has 0 aliphatic carbocycles. The van der Waals surface area contributed by atoms with Gasteiger partial charge in [0, 0.05) is 32.2 Å². The van der Waals surface area contributed by atoms with Crippen LogP contribution < -0.4 is 0 Å². The topological polar surface area (TPSA) is 43.8 Å². The Morgan fingerprint density at radius 2 is 1.90 bits per heavy atom. The minimum atomic E-state index is 0.0144. The first-order valence-electron chi connectivity index (χ1n) is 7.82. The van der Waals surface area contributed by atoms with Gasteiger partial charge < -0.3 is 14.9 Å². The van der Waals surface area contributed by atoms with Crippen molar-refractivity contribution in [1.82, 2.24) is 9.80 Å². The number of piperidine rings is 1. The van der Waals surface area contributed by atoms with Crippen LogP contribution in [0.4, 0.5) is 0 Å². The smallest absolute Gasteiger partial charge is 0.230 e. The van der Waals surface area contributed by atoms with Crippen LogP contribution in [0.1, 0.15) is 30.7 Å². The summed E-state index contributed by atoms with van der Waals surface area (Å²) in [5.74, 6) is 0.275. The zero-order valence-electron chi connectivity index (χ0n) is 12.7. The highest BCUT2D eigenvalue weighted by Crippen LogP contribution is 2.44. The Morgan fingerprint density at radius 3 is 2.52 bits per heavy atom. The van der Waals surface area contributed by atoms with Gasteiger partial charge in [-0.2, -0.15) is 0 Å². The molecule has 0 radical (unpaired) electrons. The Bertz CT molecular complexity index is 495. The largest absolute Gasteiger partial charge is 0.395 e. The minimum Gasteiger partial charge on any atom is -0.395 e. The molecular weight excluding hydrogens is 264 g/mol. The molecule has 2 heterocycles. The van der Waals surface area contributed by atoms with E-state index in [4.69, 9.17) is 5.11 Å². The van der Waals surface area contributed by atoms with Crippen LogP contribution in [0.2, 0.25) is 0 Å². The fraction of sp³-hybridized carbons (Fsp3) is 0.588. The van der Waals surface area contributed by atoms with Crippen molar-refractivity contribution in [3.05, 3.63) is 35.9 Å². The number of carbonyl (C=O) groups excluding carboxylic acids is 1. The molecular formula is C17H24N2O2. The van der Waals surface area contributed by atoms with E-state index in [1.807, 2.05) is 30.1 Å². The number of benzene rings is 1. The van der Waals surface area contributed by atoms with E-state index in [1.54, 1.807) is 0 Å². The van der Waals surface area contributed by atoms with Gasteiger partial charge in [0.25, 0.3) is 0 Å². The molecule has 0 aromatic heterocycles. The lowest BCUT2D eigenvalue weighted by molar-refractivity contribution is -0.131. The summed E-state index contributed by atoms with van der Waals surface area (Å²) in [6, 6.07) is 10.2. The highest BCUT2D eigenvalue weighted by molar-refractivity contribution is 5.87. The molecule has 1 atom stereocenters. The molecule has 1 N–H and O–H groups in total. The molecule has 0 saturated carbocycles. The van der Waals surface area contributed by atoms with Crippen LogP contribution >= 0.6 is 0 Å². The van der Waals surface area contributed by atoms with Crippen molar-refractivity contribution in [1.29, 1.82) is 0 Å². The van der Waals surface area contributed by atoms with Crippen LogP contribution in [-0.4, -0.2) is 59.6 Å². The highest BCUT2D eigenvalue weighted by Gasteiger charge is 2.50. The highest BCUT2D eigenvalue weighted by atomic mass is 16.3. The molecule has 3 rings (SSSR count). The molecule has 0 unspecified atom stereocenters. The van der Waals surface area contributed by atoms with Gasteiger partial charge in [-0.05, 0) is 24.8 Å². The van der Waals surface area contributed by atoms with Crippen molar-refractivity contribution in [2.24, 2.45) is 0 Å². The average molecular weight is 288 g/mol. The molecule has 21 heavy (non-hydrogen) atoms. The fourth-order valence-electron chi connectivity index (χ4n) is 3.89. The van der Waals surface area contributed by atoms with Crippen molar-refractivity contribution in [3.8, 4) is 0 Å². The summed E-state index contributed by atoms with van der Waals surface area (Å²) in [6.07, 6.45) is 2.95. The predicted octanol–water partition coefficient (Wildman–Crippen LogP) is 1.46. The van der Waals surface area contributed by atoms with Crippen LogP contribution in [0, 0.1) is 0 Å². The van der Waals surface area contributed by atoms with Crippen molar-refractivity contribution < 1.29 is 9.90 Å². The third kappa shape index (κ3) is 2.58. The average Bonchev–Trinajstić information content (AvgIpc) is 2.77. The first kappa shape index (κ1) is 14.5. The minimum absolute atomic E-state index is 0.0144. The number of carbonyl (C=O) groups is 1. The van der Waals surface area contributed by atoms with Gasteiger partial charge in [0.15, 0.2) is 0 Å². The molecule has 1 amide bonds. The van der Waals surface area contributed by atoms with Gasteiger partial charge in [-0.15, -0.1) is 0 Å². The summed E-state index contributed by atoms with van der Waals surface area (Å²) in [6.45, 7) is 2.91. The molecule has 114 valence electrons. The molecule has 1 spiro atoms. The molecule has 1 aromatic rings. The fourth-order valence-corrected chi connectivity index (χ4v) is 3.89. The summed E-state index contributed by atoms with van der Waals surface area (Å²) in [4.78, 5) is 17.0. The molecule has 4 heteroatoms. The maximum Gasteiger partial charge on any atom is 0.230 e. The van der Waals surface area contributed by atoms with Gasteiger partial charge in [0.1, 0.15) is 0 Å². The Kier molecular flexibility index (Phi) is 4.00. The van der Waals surface area contributed by atoms with Gasteiger partial charge in [-0.3, -0.25) is 4.79 Å². The number of amides is 1. The van der Waals surface area contributed by atoms with Gasteiger partial charge in [-0.25, -0.2) is 0 Å². The summed E-state index contributed by atoms with van der Waals surface area (Å²) in [7, 11) is 1.97. The summed E-state index contributed by atoms with van der Waals surface area (Å²) in [5.41, 5.74) is 1.16. The van der Waals surface area contributed by atoms with Gasteiger partial charge in [0.2, 0.25) is 5.91 Å². The second-order valence-corrected chi connectivity index (χ2v) is 6.35. The SMILES string of the molecule is CN1C(=O)[C@@H](c2ccccc2)CC12CCN(CCO)CC2. The van der Waals surface area contributed by atoms with Crippen LogP contribution in [0.3, 0.4) is 0 Å². The van der Waals surface area contributed by atoms with E-state index < -0.39 is 0 Å². The quantitative estimate of drug-likeness (QED) is 0.916. The summed E-state index contributed by atoms with van der Waals surface area (Å²) < 4.78 is 0. The Hall–Kier alpha value is -1.39. The lowest BCUT2D eigenvalue weighted by Gasteiger charge is -2.43. The van der Waals surface area contributed by atoms with Crippen LogP contribution in [0.15, 0.2) is 30.3 Å². The molecule has 2 aliphatic rings. The number of nitrogens with zero attached hydrogens (tertiary/aromatic N) is 2. The van der Waals surface area contributed by atoms with Crippen molar-refractivity contribution >= 4 is 5.91 Å². The van der Waals surface area contributed by atoms with Crippen molar-refractivity contribution in [2.45, 2.75) is 30.7 Å². The molecule has 1 aromatic carbocycles. The third-order valence-electron chi connectivity index (χ3n) is 5.33. The number of aliphatic hydroxyl groups is 1. The third-order valence-corrected chi connectivity index (χ3v) is 5.33. The zero-order valence-corrected chi connectivity index (χ0v) is 12.7. The number of β-amino-alcohol motifs (C(OH)–C–C–N with tert-alkyl or cyclic N) is 1. The standard InChI is InChI=1S/C17H24N2O2/c1-18-16(21)15(14-5-3-2-4-6-14)13-17(18)7-9-19(10-8-17)11-12-20/h2-6,15,20H,7-13H2,1H3/t15-/m1/s1. The Morgan fingerprint density at radius 1 is 1.24 bits per heavy atom. The second-order valence-electron chi connectivity index (χ2n) is 6.35. The van der Waals surface area contributed by atoms with E-state index in [0.717, 1.165) is 44.5 Å². The lowest BCUT2D eigenvalue weighted by atomic mass is 9.81. The predicted molar refractivity (Wildman–Crippen MR) is 82.1 cm³/mol. The van der Waals surface area contributed by atoms with Gasteiger partial charge in [-0.1, -0.05) is 30.3 Å². The van der Waals surface area contributed by atoms with Crippen molar-refractivity contribution in [2.75, 3.05) is 33.3 Å². The number of aliphatic hydroxyl groups excluding tert-OH is 1. The van der Waals surface area contributed by atoms with Crippen LogP contribution in [0.25, 0.3) is 0 Å². The van der Waals surface area contributed by atoms with Crippen LogP contribution in [0.5, 0.6) is 0 Å². The number of likely N-dealkylation sites (tertiary alicyclic amines) is 2. The van der Waals surface area contributed by atoms with E-state index >= 15 is 0 Å². The van der Waals surface area contributed by atoms with E-state index in [-0.39, 0.29) is 24.0 Å². The second kappa shape index (κ2) is 5.78. The molecule has 0 bridgehead atoms. The molecule has 2 fully saturated rings. The van der Waals surface area contributed by atoms with Crippen molar-refractivity contribution in [3.63, 3.8) is 0 Å². The molecule has 2 aliphatic heterocycles. The van der Waals surface area contributed by atoms with E-state index in [2.05, 4.69) is 17.0 Å². The van der Waals surface area contributed by atoms with Gasteiger partial charge in [0.05, 0.1) is 12.5 Å². The molecule has 2 saturated heterocycles. The Labute approximate surface area is 126 Å². The van der Waals surface area contributed by atoms with Gasteiger partial charge >= 0.3 is 0 Å². The number of hydrogen-bond acceptors (Lipinski definition) is 3. The first-order chi connectivity index (χ1) is 10.2. The number of rotatable bonds is 3. The zero-order chi connectivity index (χ0) is 14.9. The van der Waals surface area contributed by atoms with E-state index in [1.165, 1.54) is 0 Å². The number of hydrogen-bond donors (Lipinski definition) is 1. The van der Waals surface area contributed by atoms with E-state index in [0.29, 0.717) is 0 Å². The van der Waals surface area contributed by atoms with Crippen LogP contribution in [-0.2, 0) is 4.79 Å². The summed E-state index contributed by atoms with van der Waals surface area (Å²) in [5, 5.41) is 9.05. The maximum atomic E-state index is 12.7. The maximum absolute atomic E-state index is 12.7. The normalized spacial score (nSPS) is 25.7. The molecule has 4 nitrogen and oxygen atoms in total. The lowest BCUT2D eigenvalue weighted by Crippen LogP contribution is -2.51. The van der Waals surface area contributed by atoms with E-state index in [9.17, 15) is 4.79 Å². The first-order valence-corrected chi connectivity index (χ1v) is 7.82. The monoisotopic (exact) mass is 288 g/mol. The number of likely N-dealkylation sites (N-methyl/N-ethyl adjacent to an activating group) is 1. The summed E-state index contributed by atoms with van der Waals surface area (Å²) >= 11 is 0. The Balaban J connectivity index is 1.75.